The summed E-state index contributed by atoms with van der Waals surface area (Å²) in [5.74, 6) is 0. The van der Waals surface area contributed by atoms with Gasteiger partial charge in [-0.25, -0.2) is 0 Å². The second-order valence-electron chi connectivity index (χ2n) is 2.25. The first-order valence-electron chi connectivity index (χ1n) is 3.16. The van der Waals surface area contributed by atoms with Crippen LogP contribution in [0.2, 0.25) is 0 Å². The van der Waals surface area contributed by atoms with E-state index in [2.05, 4.69) is 0 Å². The zero-order valence-electron chi connectivity index (χ0n) is 7.26. The van der Waals surface area contributed by atoms with Gasteiger partial charge in [-0.05, 0) is 0 Å². The molecule has 7 nitrogen and oxygen atoms in total. The van der Waals surface area contributed by atoms with E-state index in [1.165, 1.54) is 0 Å². The van der Waals surface area contributed by atoms with E-state index in [9.17, 15) is 20.2 Å². The number of hydrogen-bond acceptors (Lipinski definition) is 4. The molecule has 8 heteroatoms. The molecule has 1 aromatic carbocycles. The molecule has 0 fully saturated rings. The van der Waals surface area contributed by atoms with Gasteiger partial charge in [0.25, 0.3) is 11.4 Å². The Balaban J connectivity index is 0.00000169. The molecule has 0 aliphatic heterocycles. The second-order valence-corrected chi connectivity index (χ2v) is 2.25. The fraction of sp³-hybridized carbons (Fsp3) is 0. The summed E-state index contributed by atoms with van der Waals surface area (Å²) in [6, 6.07) is 2.72. The molecular weight excluding hydrogens is 185 g/mol. The first-order chi connectivity index (χ1) is 6.00. The molecule has 1 N–H and O–H groups in total. The van der Waals surface area contributed by atoms with Crippen LogP contribution in [0.15, 0.2) is 18.2 Å². The van der Waals surface area contributed by atoms with Crippen LogP contribution in [0, 0.1) is 20.2 Å². The van der Waals surface area contributed by atoms with Crippen molar-refractivity contribution < 1.29 is 28.7 Å². The molecule has 0 saturated heterocycles. The Morgan fingerprint density at radius 1 is 1.00 bits per heavy atom. The molecule has 14 heavy (non-hydrogen) atoms. The van der Waals surface area contributed by atoms with E-state index in [1.807, 2.05) is 0 Å². The van der Waals surface area contributed by atoms with Gasteiger partial charge in [0, 0.05) is 12.1 Å². The third-order valence-electron chi connectivity index (χ3n) is 1.32. The fourth-order valence-corrected chi connectivity index (χ4v) is 0.806. The van der Waals surface area contributed by atoms with Crippen LogP contribution >= 0.6 is 0 Å². The van der Waals surface area contributed by atoms with Crippen LogP contribution in [-0.2, 0) is 0 Å². The standard InChI is InChI=1S/C6H4N3O4.Li/c7-4-1-5(8(10)11)3-6(2-4)9(12)13;/h1-3,7H;/q-1;+1. The van der Waals surface area contributed by atoms with Gasteiger partial charge in [-0.2, -0.15) is 0 Å². The van der Waals surface area contributed by atoms with Crippen LogP contribution in [0.3, 0.4) is 0 Å². The van der Waals surface area contributed by atoms with E-state index in [0.717, 1.165) is 18.2 Å². The number of rotatable bonds is 2. The van der Waals surface area contributed by atoms with E-state index in [-0.39, 0.29) is 24.5 Å². The molecule has 1 rings (SSSR count). The van der Waals surface area contributed by atoms with Crippen molar-refractivity contribution >= 4 is 17.1 Å². The van der Waals surface area contributed by atoms with Crippen LogP contribution in [0.5, 0.6) is 0 Å². The molecular formula is C6H4LiN3O4. The van der Waals surface area contributed by atoms with E-state index in [1.54, 1.807) is 0 Å². The zero-order chi connectivity index (χ0) is 10.0. The van der Waals surface area contributed by atoms with E-state index in [0.29, 0.717) is 0 Å². The van der Waals surface area contributed by atoms with Crippen molar-refractivity contribution in [3.8, 4) is 0 Å². The van der Waals surface area contributed by atoms with Crippen molar-refractivity contribution in [1.29, 1.82) is 0 Å². The SMILES string of the molecule is [Li+].[NH-]c1cc([N+](=O)[O-])cc([N+](=O)[O-])c1. The second kappa shape index (κ2) is 4.60. The molecule has 0 spiro atoms. The van der Waals surface area contributed by atoms with Crippen LogP contribution in [-0.4, -0.2) is 9.85 Å². The summed E-state index contributed by atoms with van der Waals surface area (Å²) in [5.41, 5.74) is 5.91. The fourth-order valence-electron chi connectivity index (χ4n) is 0.806. The van der Waals surface area contributed by atoms with Crippen LogP contribution in [0.4, 0.5) is 17.1 Å². The van der Waals surface area contributed by atoms with Gasteiger partial charge in [0.05, 0.1) is 15.9 Å². The van der Waals surface area contributed by atoms with Crippen LogP contribution in [0.25, 0.3) is 5.73 Å². The van der Waals surface area contributed by atoms with Crippen molar-refractivity contribution in [2.45, 2.75) is 0 Å². The third kappa shape index (κ3) is 2.72. The largest absolute Gasteiger partial charge is 1.00 e. The number of benzene rings is 1. The number of nitro benzene ring substituents is 2. The van der Waals surface area contributed by atoms with Crippen LogP contribution in [0.1, 0.15) is 0 Å². The summed E-state index contributed by atoms with van der Waals surface area (Å²) in [5, 5.41) is 20.5. The van der Waals surface area contributed by atoms with Gasteiger partial charge < -0.3 is 5.73 Å². The minimum atomic E-state index is -0.773. The molecule has 0 amide bonds. The van der Waals surface area contributed by atoms with Gasteiger partial charge in [0.1, 0.15) is 0 Å². The van der Waals surface area contributed by atoms with Crippen molar-refractivity contribution in [3.05, 3.63) is 44.2 Å². The number of nitro groups is 2. The summed E-state index contributed by atoms with van der Waals surface area (Å²) in [6.07, 6.45) is 0. The summed E-state index contributed by atoms with van der Waals surface area (Å²) >= 11 is 0. The van der Waals surface area contributed by atoms with Crippen molar-refractivity contribution in [2.75, 3.05) is 0 Å². The summed E-state index contributed by atoms with van der Waals surface area (Å²) in [4.78, 5) is 18.9. The average molecular weight is 189 g/mol. The molecule has 0 radical (unpaired) electrons. The van der Waals surface area contributed by atoms with Gasteiger partial charge in [-0.1, -0.05) is 0 Å². The Kier molecular flexibility index (Phi) is 4.08. The molecule has 0 bridgehead atoms. The third-order valence-corrected chi connectivity index (χ3v) is 1.32. The Hall–Kier alpha value is -1.58. The minimum absolute atomic E-state index is 0. The molecule has 0 atom stereocenters. The van der Waals surface area contributed by atoms with Crippen molar-refractivity contribution in [2.24, 2.45) is 0 Å². The molecule has 68 valence electrons. The predicted octanol–water partition coefficient (Wildman–Crippen LogP) is -0.809. The summed E-state index contributed by atoms with van der Waals surface area (Å²) < 4.78 is 0. The average Bonchev–Trinajstić information content (AvgIpc) is 2.03. The predicted molar refractivity (Wildman–Crippen MR) is 43.7 cm³/mol. The molecule has 0 aliphatic rings. The number of hydrogen-bond donors (Lipinski definition) is 0. The Labute approximate surface area is 90.4 Å². The van der Waals surface area contributed by atoms with Crippen molar-refractivity contribution in [1.82, 2.24) is 0 Å². The topological polar surface area (TPSA) is 110 Å². The maximum absolute atomic E-state index is 10.2. The monoisotopic (exact) mass is 189 g/mol. The first-order valence-corrected chi connectivity index (χ1v) is 3.16. The van der Waals surface area contributed by atoms with E-state index in [4.69, 9.17) is 5.73 Å². The van der Waals surface area contributed by atoms with Gasteiger partial charge in [0.15, 0.2) is 0 Å². The molecule has 0 aliphatic carbocycles. The maximum atomic E-state index is 10.2. The smallest absolute Gasteiger partial charge is 0.698 e. The first kappa shape index (κ1) is 12.4. The quantitative estimate of drug-likeness (QED) is 0.344. The molecule has 0 saturated carbocycles. The summed E-state index contributed by atoms with van der Waals surface area (Å²) in [6.45, 7) is 0. The molecule has 0 heterocycles. The molecule has 0 unspecified atom stereocenters. The van der Waals surface area contributed by atoms with Crippen molar-refractivity contribution in [3.63, 3.8) is 0 Å². The zero-order valence-corrected chi connectivity index (χ0v) is 7.26. The van der Waals surface area contributed by atoms with Crippen LogP contribution < -0.4 is 18.9 Å². The number of non-ortho nitro benzene ring substituents is 2. The Morgan fingerprint density at radius 2 is 1.36 bits per heavy atom. The number of nitrogens with one attached hydrogen (secondary N) is 1. The maximum Gasteiger partial charge on any atom is 1.00 e. The number of nitrogens with zero attached hydrogens (tertiary/aromatic N) is 2. The Morgan fingerprint density at radius 3 is 1.64 bits per heavy atom. The summed E-state index contributed by atoms with van der Waals surface area (Å²) in [7, 11) is 0. The normalized spacial score (nSPS) is 8.86. The van der Waals surface area contributed by atoms with Gasteiger partial charge >= 0.3 is 18.9 Å². The van der Waals surface area contributed by atoms with Gasteiger partial charge in [0.2, 0.25) is 0 Å². The van der Waals surface area contributed by atoms with Gasteiger partial charge in [-0.3, -0.25) is 20.2 Å². The van der Waals surface area contributed by atoms with Gasteiger partial charge in [-0.15, -0.1) is 5.69 Å². The Bertz CT molecular complexity index is 349. The minimum Gasteiger partial charge on any atom is -0.698 e. The molecule has 1 aromatic rings. The van der Waals surface area contributed by atoms with E-state index < -0.39 is 21.2 Å². The van der Waals surface area contributed by atoms with E-state index >= 15 is 0 Å². The molecule has 0 aromatic heterocycles.